The van der Waals surface area contributed by atoms with Gasteiger partial charge in [0.05, 0.1) is 6.42 Å². The highest BCUT2D eigenvalue weighted by Gasteiger charge is 2.22. The van der Waals surface area contributed by atoms with E-state index in [4.69, 9.17) is 10.2 Å². The average Bonchev–Trinajstić information content (AvgIpc) is 3.17. The minimum atomic E-state index is -0.635. The molecule has 0 spiro atoms. The fourth-order valence-corrected chi connectivity index (χ4v) is 3.19. The first-order chi connectivity index (χ1) is 14.6. The van der Waals surface area contributed by atoms with Crippen LogP contribution in [0.1, 0.15) is 23.1 Å². The molecule has 0 aliphatic heterocycles. The van der Waals surface area contributed by atoms with Crippen LogP contribution in [-0.4, -0.2) is 16.9 Å². The second-order valence-corrected chi connectivity index (χ2v) is 6.79. The summed E-state index contributed by atoms with van der Waals surface area (Å²) in [4.78, 5) is 28.3. The Labute approximate surface area is 172 Å². The van der Waals surface area contributed by atoms with Crippen LogP contribution in [-0.2, 0) is 11.2 Å². The fraction of sp³-hybridized carbons (Fsp3) is 0.0870. The number of nitrogens with zero attached hydrogens (tertiary/aromatic N) is 1. The number of oxazole rings is 1. The Balaban J connectivity index is 1.54. The molecule has 0 saturated heterocycles. The summed E-state index contributed by atoms with van der Waals surface area (Å²) in [7, 11) is 0. The van der Waals surface area contributed by atoms with Crippen molar-refractivity contribution < 1.29 is 14.0 Å². The number of nitrogens with one attached hydrogen (secondary N) is 2. The van der Waals surface area contributed by atoms with Gasteiger partial charge in [-0.2, -0.15) is 0 Å². The van der Waals surface area contributed by atoms with Gasteiger partial charge in [-0.25, -0.2) is 9.78 Å². The molecule has 0 aliphatic carbocycles. The van der Waals surface area contributed by atoms with Crippen molar-refractivity contribution in [1.29, 1.82) is 0 Å². The number of primary amides is 1. The van der Waals surface area contributed by atoms with Gasteiger partial charge in [0, 0.05) is 5.69 Å². The van der Waals surface area contributed by atoms with Crippen molar-refractivity contribution in [1.82, 2.24) is 10.3 Å². The summed E-state index contributed by atoms with van der Waals surface area (Å²) >= 11 is 0. The summed E-state index contributed by atoms with van der Waals surface area (Å²) in [6.07, 6.45) is 0.167. The van der Waals surface area contributed by atoms with E-state index in [9.17, 15) is 9.59 Å². The van der Waals surface area contributed by atoms with Crippen molar-refractivity contribution >= 4 is 28.7 Å². The lowest BCUT2D eigenvalue weighted by atomic mass is 10.1. The van der Waals surface area contributed by atoms with E-state index in [0.717, 1.165) is 16.6 Å². The minimum absolute atomic E-state index is 0.167. The second-order valence-electron chi connectivity index (χ2n) is 6.79. The number of nitrogens with two attached hydrogens (primary N) is 1. The predicted octanol–water partition coefficient (Wildman–Crippen LogP) is 3.77. The Morgan fingerprint density at radius 1 is 0.933 bits per heavy atom. The molecular formula is C23H20N4O3. The molecule has 1 unspecified atom stereocenters. The molecule has 4 aromatic rings. The Morgan fingerprint density at radius 2 is 1.63 bits per heavy atom. The quantitative estimate of drug-likeness (QED) is 0.457. The van der Waals surface area contributed by atoms with Crippen LogP contribution in [0.3, 0.4) is 0 Å². The van der Waals surface area contributed by atoms with Crippen molar-refractivity contribution in [3.63, 3.8) is 0 Å². The molecule has 0 saturated carbocycles. The number of para-hydroxylation sites is 2. The fourth-order valence-electron chi connectivity index (χ4n) is 3.19. The van der Waals surface area contributed by atoms with Crippen LogP contribution in [0.2, 0.25) is 0 Å². The van der Waals surface area contributed by atoms with Crippen LogP contribution in [0.15, 0.2) is 83.3 Å². The third-order valence-corrected chi connectivity index (χ3v) is 4.58. The SMILES string of the molecule is NC(=O)Nc1ccc(CC(=O)NC(c2ccccc2)c2nc3ccccc3o2)cc1. The molecule has 3 amide bonds. The van der Waals surface area contributed by atoms with Gasteiger partial charge in [0.25, 0.3) is 0 Å². The molecule has 0 aliphatic rings. The van der Waals surface area contributed by atoms with Crippen molar-refractivity contribution in [2.45, 2.75) is 12.5 Å². The van der Waals surface area contributed by atoms with Gasteiger partial charge < -0.3 is 20.8 Å². The second kappa shape index (κ2) is 8.48. The van der Waals surface area contributed by atoms with Gasteiger partial charge >= 0.3 is 6.03 Å². The van der Waals surface area contributed by atoms with E-state index in [0.29, 0.717) is 17.2 Å². The summed E-state index contributed by atoms with van der Waals surface area (Å²) in [6, 6.07) is 22.8. The van der Waals surface area contributed by atoms with Crippen molar-refractivity contribution in [3.8, 4) is 0 Å². The number of rotatable bonds is 6. The molecular weight excluding hydrogens is 380 g/mol. The summed E-state index contributed by atoms with van der Waals surface area (Å²) in [5.41, 5.74) is 8.75. The van der Waals surface area contributed by atoms with E-state index in [-0.39, 0.29) is 12.3 Å². The van der Waals surface area contributed by atoms with Crippen molar-refractivity contribution in [3.05, 3.63) is 95.9 Å². The smallest absolute Gasteiger partial charge is 0.316 e. The van der Waals surface area contributed by atoms with Crippen molar-refractivity contribution in [2.75, 3.05) is 5.32 Å². The number of hydrogen-bond donors (Lipinski definition) is 3. The largest absolute Gasteiger partial charge is 0.438 e. The number of carbonyl (C=O) groups is 2. The lowest BCUT2D eigenvalue weighted by Crippen LogP contribution is -2.30. The Hall–Kier alpha value is -4.13. The van der Waals surface area contributed by atoms with Gasteiger partial charge in [-0.05, 0) is 35.4 Å². The molecule has 150 valence electrons. The molecule has 3 aromatic carbocycles. The highest BCUT2D eigenvalue weighted by Crippen LogP contribution is 2.25. The molecule has 1 heterocycles. The number of aromatic nitrogens is 1. The molecule has 0 radical (unpaired) electrons. The van der Waals surface area contributed by atoms with Crippen molar-refractivity contribution in [2.24, 2.45) is 5.73 Å². The maximum absolute atomic E-state index is 12.8. The minimum Gasteiger partial charge on any atom is -0.438 e. The molecule has 0 fully saturated rings. The molecule has 7 heteroatoms. The topological polar surface area (TPSA) is 110 Å². The number of amides is 3. The van der Waals surface area contributed by atoms with Gasteiger partial charge in [-0.3, -0.25) is 4.79 Å². The summed E-state index contributed by atoms with van der Waals surface area (Å²) in [5, 5.41) is 5.51. The first kappa shape index (κ1) is 19.2. The first-order valence-electron chi connectivity index (χ1n) is 9.43. The van der Waals surface area contributed by atoms with Crippen LogP contribution in [0.5, 0.6) is 0 Å². The summed E-state index contributed by atoms with van der Waals surface area (Å²) < 4.78 is 5.91. The zero-order valence-electron chi connectivity index (χ0n) is 16.0. The zero-order valence-corrected chi connectivity index (χ0v) is 16.0. The lowest BCUT2D eigenvalue weighted by molar-refractivity contribution is -0.121. The lowest BCUT2D eigenvalue weighted by Gasteiger charge is -2.16. The number of hydrogen-bond acceptors (Lipinski definition) is 4. The molecule has 4 rings (SSSR count). The van der Waals surface area contributed by atoms with Crippen LogP contribution in [0.4, 0.5) is 10.5 Å². The molecule has 30 heavy (non-hydrogen) atoms. The van der Waals surface area contributed by atoms with Crippen LogP contribution in [0.25, 0.3) is 11.1 Å². The highest BCUT2D eigenvalue weighted by molar-refractivity contribution is 5.88. The number of anilines is 1. The van der Waals surface area contributed by atoms with E-state index in [1.807, 2.05) is 54.6 Å². The van der Waals surface area contributed by atoms with Gasteiger partial charge in [0.15, 0.2) is 5.58 Å². The Morgan fingerprint density at radius 3 is 2.33 bits per heavy atom. The zero-order chi connectivity index (χ0) is 20.9. The van der Waals surface area contributed by atoms with E-state index < -0.39 is 12.1 Å². The molecule has 4 N–H and O–H groups in total. The Kier molecular flexibility index (Phi) is 5.43. The number of carbonyl (C=O) groups excluding carboxylic acids is 2. The van der Waals surface area contributed by atoms with Gasteiger partial charge in [0.1, 0.15) is 11.6 Å². The third-order valence-electron chi connectivity index (χ3n) is 4.58. The highest BCUT2D eigenvalue weighted by atomic mass is 16.3. The maximum atomic E-state index is 12.8. The van der Waals surface area contributed by atoms with Gasteiger partial charge in [-0.15, -0.1) is 0 Å². The summed E-state index contributed by atoms with van der Waals surface area (Å²) in [6.45, 7) is 0. The summed E-state index contributed by atoms with van der Waals surface area (Å²) in [5.74, 6) is 0.249. The van der Waals surface area contributed by atoms with E-state index >= 15 is 0 Å². The monoisotopic (exact) mass is 400 g/mol. The van der Waals surface area contributed by atoms with Crippen LogP contribution in [0, 0.1) is 0 Å². The van der Waals surface area contributed by atoms with Crippen LogP contribution < -0.4 is 16.4 Å². The Bertz CT molecular complexity index is 1140. The predicted molar refractivity (Wildman–Crippen MR) is 114 cm³/mol. The number of benzene rings is 3. The molecule has 1 atom stereocenters. The third kappa shape index (κ3) is 4.47. The van der Waals surface area contributed by atoms with E-state index in [2.05, 4.69) is 15.6 Å². The van der Waals surface area contributed by atoms with E-state index in [1.54, 1.807) is 24.3 Å². The van der Waals surface area contributed by atoms with Gasteiger partial charge in [-0.1, -0.05) is 54.6 Å². The molecule has 1 aromatic heterocycles. The normalized spacial score (nSPS) is 11.7. The standard InChI is InChI=1S/C23H20N4O3/c24-23(29)25-17-12-10-15(11-13-17)14-20(28)27-21(16-6-2-1-3-7-16)22-26-18-8-4-5-9-19(18)30-22/h1-13,21H,14H2,(H,27,28)(H3,24,25,29). The number of urea groups is 1. The maximum Gasteiger partial charge on any atom is 0.316 e. The first-order valence-corrected chi connectivity index (χ1v) is 9.43. The molecule has 7 nitrogen and oxygen atoms in total. The average molecular weight is 400 g/mol. The van der Waals surface area contributed by atoms with Gasteiger partial charge in [0.2, 0.25) is 11.8 Å². The van der Waals surface area contributed by atoms with Crippen LogP contribution >= 0.6 is 0 Å². The molecule has 0 bridgehead atoms. The van der Waals surface area contributed by atoms with E-state index in [1.165, 1.54) is 0 Å². The number of fused-ring (bicyclic) bond motifs is 1.